The summed E-state index contributed by atoms with van der Waals surface area (Å²) in [4.78, 5) is 20.1. The van der Waals surface area contributed by atoms with Crippen LogP contribution >= 0.6 is 27.9 Å². The Morgan fingerprint density at radius 1 is 1.45 bits per heavy atom. The van der Waals surface area contributed by atoms with Crippen molar-refractivity contribution in [1.82, 2.24) is 0 Å². The highest BCUT2D eigenvalue weighted by Crippen LogP contribution is 2.22. The van der Waals surface area contributed by atoms with Crippen molar-refractivity contribution in [2.45, 2.75) is 24.8 Å². The Balaban J connectivity index is 2.38. The van der Waals surface area contributed by atoms with Crippen molar-refractivity contribution in [2.24, 2.45) is 0 Å². The molecule has 1 rings (SSSR count). The first-order valence-electron chi connectivity index (χ1n) is 5.70. The van der Waals surface area contributed by atoms with Crippen molar-refractivity contribution in [2.75, 3.05) is 6.61 Å². The highest BCUT2D eigenvalue weighted by molar-refractivity contribution is 9.06. The standard InChI is InChI=1S/C12H13BrClNO5/c1-12(14,11(16)20-13)6-7-19-8-9-2-4-10(5-3-9)15(17)18/h2-5H,6-8H2,1H3. The van der Waals surface area contributed by atoms with Crippen LogP contribution in [0.2, 0.25) is 0 Å². The number of rotatable bonds is 7. The zero-order valence-electron chi connectivity index (χ0n) is 10.7. The van der Waals surface area contributed by atoms with E-state index in [2.05, 4.69) is 20.1 Å². The molecule has 0 heterocycles. The summed E-state index contributed by atoms with van der Waals surface area (Å²) in [5.41, 5.74) is 0.831. The van der Waals surface area contributed by atoms with E-state index in [1.54, 1.807) is 12.1 Å². The lowest BCUT2D eigenvalue weighted by atomic mass is 10.1. The molecule has 0 radical (unpaired) electrons. The van der Waals surface area contributed by atoms with E-state index in [4.69, 9.17) is 16.3 Å². The van der Waals surface area contributed by atoms with Crippen molar-refractivity contribution >= 4 is 39.5 Å². The number of nitro benzene ring substituents is 1. The van der Waals surface area contributed by atoms with Crippen LogP contribution in [-0.2, 0) is 20.0 Å². The molecule has 0 bridgehead atoms. The van der Waals surface area contributed by atoms with Crippen LogP contribution in [0.15, 0.2) is 24.3 Å². The van der Waals surface area contributed by atoms with E-state index in [0.29, 0.717) is 0 Å². The van der Waals surface area contributed by atoms with Gasteiger partial charge in [-0.1, -0.05) is 0 Å². The summed E-state index contributed by atoms with van der Waals surface area (Å²) in [6.45, 7) is 2.08. The summed E-state index contributed by atoms with van der Waals surface area (Å²) in [5, 5.41) is 10.5. The molecule has 6 nitrogen and oxygen atoms in total. The molecule has 1 aromatic carbocycles. The van der Waals surface area contributed by atoms with E-state index in [1.165, 1.54) is 19.1 Å². The average Bonchev–Trinajstić information content (AvgIpc) is 2.43. The number of nitrogens with zero attached hydrogens (tertiary/aromatic N) is 1. The fourth-order valence-corrected chi connectivity index (χ4v) is 1.92. The van der Waals surface area contributed by atoms with Crippen LogP contribution in [0, 0.1) is 10.1 Å². The monoisotopic (exact) mass is 365 g/mol. The smallest absolute Gasteiger partial charge is 0.338 e. The van der Waals surface area contributed by atoms with Crippen molar-refractivity contribution in [3.8, 4) is 0 Å². The third-order valence-corrected chi connectivity index (χ3v) is 3.26. The number of carbonyl (C=O) groups excluding carboxylic acids is 1. The van der Waals surface area contributed by atoms with Gasteiger partial charge in [-0.05, 0) is 24.6 Å². The lowest BCUT2D eigenvalue weighted by molar-refractivity contribution is -0.384. The molecule has 1 unspecified atom stereocenters. The quantitative estimate of drug-likeness (QED) is 0.320. The molecule has 0 fully saturated rings. The summed E-state index contributed by atoms with van der Waals surface area (Å²) in [6.07, 6.45) is 0.284. The largest absolute Gasteiger partial charge is 0.382 e. The summed E-state index contributed by atoms with van der Waals surface area (Å²) >= 11 is 8.55. The number of carbonyl (C=O) groups is 1. The Labute approximate surface area is 129 Å². The van der Waals surface area contributed by atoms with Gasteiger partial charge in [-0.3, -0.25) is 10.1 Å². The second-order valence-corrected chi connectivity index (χ2v) is 5.45. The van der Waals surface area contributed by atoms with Crippen LogP contribution in [0.3, 0.4) is 0 Å². The van der Waals surface area contributed by atoms with Gasteiger partial charge in [0.1, 0.15) is 4.87 Å². The van der Waals surface area contributed by atoms with Gasteiger partial charge in [0.15, 0.2) is 16.3 Å². The first kappa shape index (κ1) is 16.9. The number of halogens is 2. The Bertz CT molecular complexity index is 477. The van der Waals surface area contributed by atoms with Crippen LogP contribution in [0.4, 0.5) is 5.69 Å². The summed E-state index contributed by atoms with van der Waals surface area (Å²) in [6, 6.07) is 6.05. The zero-order valence-corrected chi connectivity index (χ0v) is 13.0. The number of alkyl halides is 1. The molecule has 0 aliphatic rings. The molecule has 1 aromatic rings. The molecular formula is C12H13BrClNO5. The SMILES string of the molecule is CC(Cl)(CCOCc1ccc([N+](=O)[O-])cc1)C(=O)OBr. The van der Waals surface area contributed by atoms with Gasteiger partial charge >= 0.3 is 5.97 Å². The Morgan fingerprint density at radius 3 is 2.55 bits per heavy atom. The summed E-state index contributed by atoms with van der Waals surface area (Å²) in [5.74, 6) is -0.585. The maximum Gasteiger partial charge on any atom is 0.338 e. The highest BCUT2D eigenvalue weighted by Gasteiger charge is 2.31. The topological polar surface area (TPSA) is 78.7 Å². The minimum absolute atomic E-state index is 0.0298. The molecule has 0 saturated carbocycles. The minimum Gasteiger partial charge on any atom is -0.382 e. The van der Waals surface area contributed by atoms with Crippen molar-refractivity contribution in [3.05, 3.63) is 39.9 Å². The fraction of sp³-hybridized carbons (Fsp3) is 0.417. The second-order valence-electron chi connectivity index (χ2n) is 4.29. The van der Waals surface area contributed by atoms with E-state index >= 15 is 0 Å². The number of benzene rings is 1. The molecule has 0 N–H and O–H groups in total. The lowest BCUT2D eigenvalue weighted by Crippen LogP contribution is -2.30. The first-order chi connectivity index (χ1) is 9.36. The van der Waals surface area contributed by atoms with Gasteiger partial charge in [0.25, 0.3) is 5.69 Å². The molecule has 8 heteroatoms. The van der Waals surface area contributed by atoms with E-state index in [0.717, 1.165) is 5.56 Å². The van der Waals surface area contributed by atoms with Crippen LogP contribution in [0.25, 0.3) is 0 Å². The lowest BCUT2D eigenvalue weighted by Gasteiger charge is -2.17. The molecule has 110 valence electrons. The fourth-order valence-electron chi connectivity index (χ4n) is 1.35. The van der Waals surface area contributed by atoms with Gasteiger partial charge in [0, 0.05) is 25.2 Å². The van der Waals surface area contributed by atoms with Gasteiger partial charge in [-0.2, -0.15) is 0 Å². The minimum atomic E-state index is -1.15. The van der Waals surface area contributed by atoms with Gasteiger partial charge in [-0.25, -0.2) is 4.79 Å². The van der Waals surface area contributed by atoms with E-state index in [1.807, 2.05) is 0 Å². The number of ether oxygens (including phenoxy) is 1. The molecule has 0 aliphatic heterocycles. The molecule has 0 amide bonds. The molecule has 0 aliphatic carbocycles. The average molecular weight is 367 g/mol. The van der Waals surface area contributed by atoms with Crippen LogP contribution in [0.1, 0.15) is 18.9 Å². The third kappa shape index (κ3) is 5.07. The van der Waals surface area contributed by atoms with Gasteiger partial charge < -0.3 is 8.57 Å². The van der Waals surface area contributed by atoms with Crippen LogP contribution in [-0.4, -0.2) is 22.4 Å². The van der Waals surface area contributed by atoms with Gasteiger partial charge in [-0.15, -0.1) is 11.6 Å². The molecule has 0 saturated heterocycles. The normalized spacial score (nSPS) is 13.6. The molecular weight excluding hydrogens is 353 g/mol. The van der Waals surface area contributed by atoms with Crippen molar-refractivity contribution < 1.29 is 18.3 Å². The maximum absolute atomic E-state index is 11.3. The van der Waals surface area contributed by atoms with Crippen molar-refractivity contribution in [1.29, 1.82) is 0 Å². The molecule has 1 atom stereocenters. The number of hydrogen-bond acceptors (Lipinski definition) is 5. The first-order valence-corrected chi connectivity index (χ1v) is 6.72. The number of nitro groups is 1. The Kier molecular flexibility index (Phi) is 6.38. The predicted octanol–water partition coefficient (Wildman–Crippen LogP) is 3.35. The Hall–Kier alpha value is -1.18. The van der Waals surface area contributed by atoms with E-state index in [9.17, 15) is 14.9 Å². The summed E-state index contributed by atoms with van der Waals surface area (Å²) < 4.78 is 9.76. The molecule has 0 aromatic heterocycles. The zero-order chi connectivity index (χ0) is 15.2. The maximum atomic E-state index is 11.3. The van der Waals surface area contributed by atoms with Crippen LogP contribution < -0.4 is 0 Å². The molecule has 20 heavy (non-hydrogen) atoms. The predicted molar refractivity (Wildman–Crippen MR) is 76.6 cm³/mol. The summed E-state index contributed by atoms with van der Waals surface area (Å²) in [7, 11) is 0. The van der Waals surface area contributed by atoms with E-state index < -0.39 is 15.8 Å². The van der Waals surface area contributed by atoms with Crippen LogP contribution in [0.5, 0.6) is 0 Å². The van der Waals surface area contributed by atoms with E-state index in [-0.39, 0.29) is 25.3 Å². The van der Waals surface area contributed by atoms with Gasteiger partial charge in [0.05, 0.1) is 11.5 Å². The van der Waals surface area contributed by atoms with Crippen molar-refractivity contribution in [3.63, 3.8) is 0 Å². The third-order valence-electron chi connectivity index (χ3n) is 2.63. The number of non-ortho nitro benzene ring substituents is 1. The van der Waals surface area contributed by atoms with Gasteiger partial charge in [0.2, 0.25) is 0 Å². The highest BCUT2D eigenvalue weighted by atomic mass is 79.9. The molecule has 0 spiro atoms. The number of hydrogen-bond donors (Lipinski definition) is 0. The second kappa shape index (κ2) is 7.56. The Morgan fingerprint density at radius 2 is 2.05 bits per heavy atom.